The Morgan fingerprint density at radius 1 is 1.04 bits per heavy atom. The van der Waals surface area contributed by atoms with Crippen LogP contribution in [-0.2, 0) is 6.54 Å². The van der Waals surface area contributed by atoms with Gasteiger partial charge in [-0.3, -0.25) is 0 Å². The van der Waals surface area contributed by atoms with Crippen molar-refractivity contribution in [2.24, 2.45) is 0 Å². The first kappa shape index (κ1) is 18.4. The Morgan fingerprint density at radius 2 is 1.78 bits per heavy atom. The molecule has 0 aliphatic carbocycles. The number of carbonyl (C=O) groups excluding carboxylic acids is 1. The lowest BCUT2D eigenvalue weighted by molar-refractivity contribution is 0.237. The van der Waals surface area contributed by atoms with Crippen molar-refractivity contribution >= 4 is 17.1 Å². The molecule has 142 valence electrons. The molecule has 3 aromatic rings. The van der Waals surface area contributed by atoms with E-state index >= 15 is 0 Å². The first-order valence-corrected chi connectivity index (χ1v) is 8.47. The van der Waals surface area contributed by atoms with Gasteiger partial charge in [0.05, 0.1) is 31.3 Å². The van der Waals surface area contributed by atoms with Crippen LogP contribution in [0.4, 0.5) is 4.79 Å². The smallest absolute Gasteiger partial charge is 0.323 e. The lowest BCUT2D eigenvalue weighted by Gasteiger charge is -2.15. The summed E-state index contributed by atoms with van der Waals surface area (Å²) >= 11 is 0. The lowest BCUT2D eigenvalue weighted by atomic mass is 10.1. The molecule has 0 unspecified atom stereocenters. The number of urea groups is 1. The van der Waals surface area contributed by atoms with Gasteiger partial charge in [-0.15, -0.1) is 0 Å². The van der Waals surface area contributed by atoms with Crippen molar-refractivity contribution < 1.29 is 14.3 Å². The van der Waals surface area contributed by atoms with Gasteiger partial charge < -0.3 is 30.1 Å². The monoisotopic (exact) mass is 370 g/mol. The molecule has 0 aliphatic rings. The summed E-state index contributed by atoms with van der Waals surface area (Å²) in [6.07, 6.45) is 0. The number of ether oxygens (including phenoxy) is 2. The quantitative estimate of drug-likeness (QED) is 0.534. The van der Waals surface area contributed by atoms with Gasteiger partial charge in [-0.05, 0) is 42.3 Å². The molecule has 8 heteroatoms. The third-order valence-electron chi connectivity index (χ3n) is 4.29. The molecular formula is C19H22N4O4. The third-order valence-corrected chi connectivity index (χ3v) is 4.29. The second kappa shape index (κ2) is 7.86. The molecule has 2 aromatic carbocycles. The zero-order chi connectivity index (χ0) is 19.4. The van der Waals surface area contributed by atoms with Crippen LogP contribution in [0, 0.1) is 0 Å². The second-order valence-corrected chi connectivity index (χ2v) is 6.12. The van der Waals surface area contributed by atoms with E-state index in [1.807, 2.05) is 37.3 Å². The molecule has 4 N–H and O–H groups in total. The van der Waals surface area contributed by atoms with Crippen molar-refractivity contribution in [1.29, 1.82) is 0 Å². The van der Waals surface area contributed by atoms with E-state index in [-0.39, 0.29) is 17.8 Å². The van der Waals surface area contributed by atoms with E-state index in [9.17, 15) is 9.59 Å². The molecule has 2 amide bonds. The molecule has 0 aliphatic heterocycles. The van der Waals surface area contributed by atoms with E-state index in [0.29, 0.717) is 23.6 Å². The average Bonchev–Trinajstić information content (AvgIpc) is 3.05. The van der Waals surface area contributed by atoms with Crippen LogP contribution < -0.4 is 25.8 Å². The minimum absolute atomic E-state index is 0.224. The number of H-pyrrole nitrogens is 2. The van der Waals surface area contributed by atoms with Crippen molar-refractivity contribution in [3.05, 3.63) is 58.0 Å². The highest BCUT2D eigenvalue weighted by molar-refractivity contribution is 5.77. The summed E-state index contributed by atoms with van der Waals surface area (Å²) in [6, 6.07) is 10.5. The maximum atomic E-state index is 12.2. The predicted octanol–water partition coefficient (Wildman–Crippen LogP) is 2.43. The van der Waals surface area contributed by atoms with Gasteiger partial charge in [0.15, 0.2) is 11.5 Å². The molecule has 1 aromatic heterocycles. The van der Waals surface area contributed by atoms with Crippen molar-refractivity contribution in [3.8, 4) is 11.5 Å². The highest BCUT2D eigenvalue weighted by Crippen LogP contribution is 2.27. The fraction of sp³-hybridized carbons (Fsp3) is 0.263. The van der Waals surface area contributed by atoms with Crippen LogP contribution in [0.5, 0.6) is 11.5 Å². The van der Waals surface area contributed by atoms with Crippen LogP contribution in [0.15, 0.2) is 41.2 Å². The summed E-state index contributed by atoms with van der Waals surface area (Å²) in [5, 5.41) is 5.70. The average molecular weight is 370 g/mol. The molecule has 3 rings (SSSR count). The molecule has 1 atom stereocenters. The van der Waals surface area contributed by atoms with Crippen LogP contribution in [0.3, 0.4) is 0 Å². The molecule has 0 spiro atoms. The van der Waals surface area contributed by atoms with Gasteiger partial charge in [0, 0.05) is 6.54 Å². The zero-order valence-electron chi connectivity index (χ0n) is 15.4. The van der Waals surface area contributed by atoms with Crippen molar-refractivity contribution in [3.63, 3.8) is 0 Å². The Kier molecular flexibility index (Phi) is 5.35. The van der Waals surface area contributed by atoms with E-state index < -0.39 is 0 Å². The number of rotatable bonds is 6. The van der Waals surface area contributed by atoms with Gasteiger partial charge >= 0.3 is 11.7 Å². The van der Waals surface area contributed by atoms with Crippen LogP contribution >= 0.6 is 0 Å². The summed E-state index contributed by atoms with van der Waals surface area (Å²) in [5.74, 6) is 1.25. The van der Waals surface area contributed by atoms with Gasteiger partial charge in [-0.25, -0.2) is 9.59 Å². The fourth-order valence-electron chi connectivity index (χ4n) is 2.82. The topological polar surface area (TPSA) is 108 Å². The van der Waals surface area contributed by atoms with E-state index in [1.54, 1.807) is 20.3 Å². The Labute approximate surface area is 155 Å². The maximum absolute atomic E-state index is 12.2. The van der Waals surface area contributed by atoms with Gasteiger partial charge in [-0.2, -0.15) is 0 Å². The number of fused-ring (bicyclic) bond motifs is 1. The number of nitrogens with one attached hydrogen (secondary N) is 4. The molecule has 0 saturated heterocycles. The summed E-state index contributed by atoms with van der Waals surface area (Å²) in [6.45, 7) is 2.23. The first-order chi connectivity index (χ1) is 13.0. The van der Waals surface area contributed by atoms with E-state index in [2.05, 4.69) is 20.6 Å². The number of imidazole rings is 1. The Hall–Kier alpha value is -3.42. The Balaban J connectivity index is 1.60. The number of amides is 2. The number of aromatic amines is 2. The van der Waals surface area contributed by atoms with Crippen LogP contribution in [0.1, 0.15) is 24.1 Å². The number of methoxy groups -OCH3 is 2. The largest absolute Gasteiger partial charge is 0.493 e. The molecule has 0 fully saturated rings. The van der Waals surface area contributed by atoms with Crippen molar-refractivity contribution in [2.75, 3.05) is 14.2 Å². The van der Waals surface area contributed by atoms with Gasteiger partial charge in [0.25, 0.3) is 0 Å². The summed E-state index contributed by atoms with van der Waals surface area (Å²) < 4.78 is 10.5. The standard InChI is InChI=1S/C19H22N4O4/c1-11(13-5-6-14-15(9-13)23-19(25)22-14)21-18(24)20-10-12-4-7-16(26-2)17(8-12)27-3/h4-9,11H,10H2,1-3H3,(H2,20,21,24)(H2,22,23,25)/t11-/m1/s1. The second-order valence-electron chi connectivity index (χ2n) is 6.12. The Morgan fingerprint density at radius 3 is 2.52 bits per heavy atom. The highest BCUT2D eigenvalue weighted by Gasteiger charge is 2.11. The van der Waals surface area contributed by atoms with Gasteiger partial charge in [0.2, 0.25) is 0 Å². The summed E-state index contributed by atoms with van der Waals surface area (Å²) in [4.78, 5) is 29.0. The molecule has 0 radical (unpaired) electrons. The van der Waals surface area contributed by atoms with E-state index in [4.69, 9.17) is 9.47 Å². The van der Waals surface area contributed by atoms with Crippen molar-refractivity contribution in [1.82, 2.24) is 20.6 Å². The van der Waals surface area contributed by atoms with Gasteiger partial charge in [0.1, 0.15) is 0 Å². The van der Waals surface area contributed by atoms with Crippen LogP contribution in [-0.4, -0.2) is 30.2 Å². The predicted molar refractivity (Wildman–Crippen MR) is 102 cm³/mol. The fourth-order valence-corrected chi connectivity index (χ4v) is 2.82. The first-order valence-electron chi connectivity index (χ1n) is 8.47. The van der Waals surface area contributed by atoms with E-state index in [1.165, 1.54) is 0 Å². The lowest BCUT2D eigenvalue weighted by Crippen LogP contribution is -2.36. The number of hydrogen-bond donors (Lipinski definition) is 4. The van der Waals surface area contributed by atoms with Crippen LogP contribution in [0.25, 0.3) is 11.0 Å². The van der Waals surface area contributed by atoms with Crippen molar-refractivity contribution in [2.45, 2.75) is 19.5 Å². The number of benzene rings is 2. The maximum Gasteiger partial charge on any atom is 0.323 e. The molecule has 1 heterocycles. The number of hydrogen-bond acceptors (Lipinski definition) is 4. The number of carbonyl (C=O) groups is 1. The van der Waals surface area contributed by atoms with Gasteiger partial charge in [-0.1, -0.05) is 12.1 Å². The Bertz CT molecular complexity index is 1010. The normalized spacial score (nSPS) is 11.8. The highest BCUT2D eigenvalue weighted by atomic mass is 16.5. The minimum atomic E-state index is -0.292. The van der Waals surface area contributed by atoms with E-state index in [0.717, 1.165) is 16.6 Å². The zero-order valence-corrected chi connectivity index (χ0v) is 15.4. The molecular weight excluding hydrogens is 348 g/mol. The third kappa shape index (κ3) is 4.22. The summed E-state index contributed by atoms with van der Waals surface area (Å²) in [5.41, 5.74) is 2.96. The van der Waals surface area contributed by atoms with Crippen LogP contribution in [0.2, 0.25) is 0 Å². The molecule has 0 saturated carbocycles. The molecule has 27 heavy (non-hydrogen) atoms. The SMILES string of the molecule is COc1ccc(CNC(=O)N[C@H](C)c2ccc3[nH]c(=O)[nH]c3c2)cc1OC. The molecule has 0 bridgehead atoms. The summed E-state index contributed by atoms with van der Waals surface area (Å²) in [7, 11) is 3.14. The molecule has 8 nitrogen and oxygen atoms in total. The number of aromatic nitrogens is 2. The minimum Gasteiger partial charge on any atom is -0.493 e.